The minimum Gasteiger partial charge on any atom is -0.394 e. The summed E-state index contributed by atoms with van der Waals surface area (Å²) in [5.41, 5.74) is 0.350. The van der Waals surface area contributed by atoms with E-state index in [0.29, 0.717) is 24.7 Å². The standard InChI is InChI=1S/C8H16O.C4H10O3/c1-8(2,3)6-9-7-4-5-7;5-1-3-7-4-2-6/h7H,4-6H2,1-3H3;5-6H,1-4H2. The zero-order valence-corrected chi connectivity index (χ0v) is 10.7. The molecule has 4 heteroatoms. The number of aliphatic hydroxyl groups excluding tert-OH is 2. The van der Waals surface area contributed by atoms with Crippen LogP contribution in [-0.4, -0.2) is 49.4 Å². The zero-order chi connectivity index (χ0) is 12.4. The van der Waals surface area contributed by atoms with Gasteiger partial charge in [-0.2, -0.15) is 0 Å². The first-order chi connectivity index (χ1) is 7.49. The highest BCUT2D eigenvalue weighted by molar-refractivity contribution is 4.74. The average molecular weight is 234 g/mol. The third-order valence-electron chi connectivity index (χ3n) is 1.75. The molecule has 2 N–H and O–H groups in total. The Morgan fingerprint density at radius 1 is 1.06 bits per heavy atom. The largest absolute Gasteiger partial charge is 0.394 e. The summed E-state index contributed by atoms with van der Waals surface area (Å²) in [4.78, 5) is 0. The van der Waals surface area contributed by atoms with E-state index in [1.165, 1.54) is 12.8 Å². The fraction of sp³-hybridized carbons (Fsp3) is 1.00. The summed E-state index contributed by atoms with van der Waals surface area (Å²) in [6, 6.07) is 0. The Morgan fingerprint density at radius 2 is 1.56 bits per heavy atom. The van der Waals surface area contributed by atoms with Crippen LogP contribution in [0.1, 0.15) is 33.6 Å². The van der Waals surface area contributed by atoms with E-state index < -0.39 is 0 Å². The van der Waals surface area contributed by atoms with Crippen LogP contribution in [0.25, 0.3) is 0 Å². The maximum atomic E-state index is 8.09. The first-order valence-corrected chi connectivity index (χ1v) is 5.90. The van der Waals surface area contributed by atoms with Crippen LogP contribution >= 0.6 is 0 Å². The molecule has 0 amide bonds. The normalized spacial score (nSPS) is 15.6. The first-order valence-electron chi connectivity index (χ1n) is 5.90. The summed E-state index contributed by atoms with van der Waals surface area (Å²) in [5, 5.41) is 16.2. The summed E-state index contributed by atoms with van der Waals surface area (Å²) in [5.74, 6) is 0. The van der Waals surface area contributed by atoms with Gasteiger partial charge in [0.15, 0.2) is 0 Å². The van der Waals surface area contributed by atoms with Crippen molar-refractivity contribution in [1.29, 1.82) is 0 Å². The second kappa shape index (κ2) is 8.93. The minimum absolute atomic E-state index is 0.0278. The molecule has 0 unspecified atom stereocenters. The van der Waals surface area contributed by atoms with Gasteiger partial charge >= 0.3 is 0 Å². The summed E-state index contributed by atoms with van der Waals surface area (Å²) in [6.07, 6.45) is 3.19. The van der Waals surface area contributed by atoms with Gasteiger partial charge < -0.3 is 19.7 Å². The molecule has 1 saturated carbocycles. The molecule has 98 valence electrons. The molecule has 4 nitrogen and oxygen atoms in total. The molecule has 1 aliphatic rings. The highest BCUT2D eigenvalue weighted by Gasteiger charge is 2.24. The van der Waals surface area contributed by atoms with Gasteiger partial charge in [-0.05, 0) is 18.3 Å². The van der Waals surface area contributed by atoms with Crippen LogP contribution in [0.15, 0.2) is 0 Å². The quantitative estimate of drug-likeness (QED) is 0.678. The van der Waals surface area contributed by atoms with E-state index in [2.05, 4.69) is 25.5 Å². The molecule has 1 aliphatic carbocycles. The molecular formula is C12H26O4. The molecule has 1 rings (SSSR count). The van der Waals surface area contributed by atoms with Crippen LogP contribution in [0.2, 0.25) is 0 Å². The Morgan fingerprint density at radius 3 is 1.88 bits per heavy atom. The molecule has 0 bridgehead atoms. The van der Waals surface area contributed by atoms with Crippen molar-refractivity contribution in [1.82, 2.24) is 0 Å². The molecule has 1 fully saturated rings. The maximum absolute atomic E-state index is 8.09. The van der Waals surface area contributed by atoms with Crippen molar-refractivity contribution in [3.8, 4) is 0 Å². The topological polar surface area (TPSA) is 58.9 Å². The Balaban J connectivity index is 0.000000293. The highest BCUT2D eigenvalue weighted by Crippen LogP contribution is 2.26. The molecule has 16 heavy (non-hydrogen) atoms. The van der Waals surface area contributed by atoms with E-state index >= 15 is 0 Å². The predicted molar refractivity (Wildman–Crippen MR) is 63.4 cm³/mol. The van der Waals surface area contributed by atoms with Crippen molar-refractivity contribution in [3.05, 3.63) is 0 Å². The van der Waals surface area contributed by atoms with Crippen molar-refractivity contribution in [2.45, 2.75) is 39.7 Å². The van der Waals surface area contributed by atoms with Crippen molar-refractivity contribution in [3.63, 3.8) is 0 Å². The smallest absolute Gasteiger partial charge is 0.0698 e. The fourth-order valence-electron chi connectivity index (χ4n) is 0.834. The molecule has 0 saturated heterocycles. The summed E-state index contributed by atoms with van der Waals surface area (Å²) < 4.78 is 10.1. The van der Waals surface area contributed by atoms with Crippen molar-refractivity contribution < 1.29 is 19.7 Å². The van der Waals surface area contributed by atoms with Crippen LogP contribution in [-0.2, 0) is 9.47 Å². The van der Waals surface area contributed by atoms with E-state index in [-0.39, 0.29) is 13.2 Å². The second-order valence-corrected chi connectivity index (χ2v) is 5.13. The van der Waals surface area contributed by atoms with E-state index in [1.807, 2.05) is 0 Å². The fourth-order valence-corrected chi connectivity index (χ4v) is 0.834. The monoisotopic (exact) mass is 234 g/mol. The Labute approximate surface area is 98.6 Å². The Bertz CT molecular complexity index is 146. The third kappa shape index (κ3) is 13.8. The number of aliphatic hydroxyl groups is 2. The molecular weight excluding hydrogens is 208 g/mol. The number of rotatable bonds is 6. The van der Waals surface area contributed by atoms with Gasteiger partial charge in [-0.3, -0.25) is 0 Å². The van der Waals surface area contributed by atoms with Crippen molar-refractivity contribution >= 4 is 0 Å². The van der Waals surface area contributed by atoms with E-state index in [0.717, 1.165) is 6.61 Å². The van der Waals surface area contributed by atoms with Crippen LogP contribution in [0.5, 0.6) is 0 Å². The van der Waals surface area contributed by atoms with Crippen LogP contribution in [0, 0.1) is 5.41 Å². The molecule has 0 aromatic heterocycles. The zero-order valence-electron chi connectivity index (χ0n) is 10.7. The molecule has 0 radical (unpaired) electrons. The van der Waals surface area contributed by atoms with Crippen LogP contribution in [0.4, 0.5) is 0 Å². The lowest BCUT2D eigenvalue weighted by Crippen LogP contribution is -2.15. The average Bonchev–Trinajstić information content (AvgIpc) is 2.99. The SMILES string of the molecule is CC(C)(C)COC1CC1.OCCOCCO. The number of ether oxygens (including phenoxy) is 2. The number of hydrogen-bond donors (Lipinski definition) is 2. The number of hydrogen-bond acceptors (Lipinski definition) is 4. The van der Waals surface area contributed by atoms with E-state index in [1.54, 1.807) is 0 Å². The van der Waals surface area contributed by atoms with Crippen LogP contribution in [0.3, 0.4) is 0 Å². The van der Waals surface area contributed by atoms with Gasteiger partial charge in [0.05, 0.1) is 39.1 Å². The Hall–Kier alpha value is -0.160. The molecule has 0 aromatic carbocycles. The van der Waals surface area contributed by atoms with Gasteiger partial charge in [0.25, 0.3) is 0 Å². The van der Waals surface area contributed by atoms with E-state index in [4.69, 9.17) is 14.9 Å². The molecule has 0 aromatic rings. The molecule has 0 heterocycles. The lowest BCUT2D eigenvalue weighted by atomic mass is 9.99. The summed E-state index contributed by atoms with van der Waals surface area (Å²) in [7, 11) is 0. The van der Waals surface area contributed by atoms with Gasteiger partial charge in [0.1, 0.15) is 0 Å². The van der Waals surface area contributed by atoms with Crippen molar-refractivity contribution in [2.24, 2.45) is 5.41 Å². The van der Waals surface area contributed by atoms with E-state index in [9.17, 15) is 0 Å². The van der Waals surface area contributed by atoms with Crippen molar-refractivity contribution in [2.75, 3.05) is 33.0 Å². The van der Waals surface area contributed by atoms with Gasteiger partial charge in [-0.1, -0.05) is 20.8 Å². The van der Waals surface area contributed by atoms with Gasteiger partial charge in [-0.25, -0.2) is 0 Å². The molecule has 0 atom stereocenters. The second-order valence-electron chi connectivity index (χ2n) is 5.13. The highest BCUT2D eigenvalue weighted by atomic mass is 16.5. The van der Waals surface area contributed by atoms with Gasteiger partial charge in [-0.15, -0.1) is 0 Å². The Kier molecular flexibility index (Phi) is 8.84. The predicted octanol–water partition coefficient (Wildman–Crippen LogP) is 1.20. The summed E-state index contributed by atoms with van der Waals surface area (Å²) >= 11 is 0. The third-order valence-corrected chi connectivity index (χ3v) is 1.75. The lowest BCUT2D eigenvalue weighted by molar-refractivity contribution is 0.0592. The summed E-state index contributed by atoms with van der Waals surface area (Å²) in [6.45, 7) is 8.22. The molecule has 0 spiro atoms. The first kappa shape index (κ1) is 15.8. The molecule has 0 aliphatic heterocycles. The van der Waals surface area contributed by atoms with Crippen LogP contribution < -0.4 is 0 Å². The lowest BCUT2D eigenvalue weighted by Gasteiger charge is -2.17. The van der Waals surface area contributed by atoms with Gasteiger partial charge in [0, 0.05) is 0 Å². The van der Waals surface area contributed by atoms with Gasteiger partial charge in [0.2, 0.25) is 0 Å². The maximum Gasteiger partial charge on any atom is 0.0698 e. The minimum atomic E-state index is 0.0278.